The zero-order valence-corrected chi connectivity index (χ0v) is 49.7. The minimum atomic E-state index is -2.63. The van der Waals surface area contributed by atoms with E-state index in [1.165, 1.54) is 21.3 Å². The van der Waals surface area contributed by atoms with Crippen molar-refractivity contribution in [1.82, 2.24) is 41.6 Å². The molecule has 1 unspecified atom stereocenters. The monoisotopic (exact) mass is 1210 g/mol. The predicted octanol–water partition coefficient (Wildman–Crippen LogP) is 0.462. The molecule has 25 nitrogen and oxygen atoms in total. The summed E-state index contributed by atoms with van der Waals surface area (Å²) in [7, 11) is 8.18. The number of aliphatic hydroxyl groups excluding tert-OH is 1. The highest BCUT2D eigenvalue weighted by molar-refractivity contribution is 8.76. The number of carbonyl (C=O) groups is 7. The van der Waals surface area contributed by atoms with E-state index in [9.17, 15) is 44.4 Å². The lowest BCUT2D eigenvalue weighted by atomic mass is 9.47. The Labute approximate surface area is 494 Å². The summed E-state index contributed by atoms with van der Waals surface area (Å²) in [5, 5.41) is 65.6. The molecule has 13 N–H and O–H groups in total. The quantitative estimate of drug-likeness (QED) is 0.0227. The number of nitrogens with two attached hydrogens (primary N) is 1. The Morgan fingerprint density at radius 1 is 0.917 bits per heavy atom. The first-order chi connectivity index (χ1) is 40.1. The lowest BCUT2D eigenvalue weighted by Crippen LogP contribution is -2.82. The van der Waals surface area contributed by atoms with Crippen LogP contribution in [0.4, 0.5) is 10.5 Å². The molecule has 1 aromatic heterocycles. The third-order valence-electron chi connectivity index (χ3n) is 18.7. The van der Waals surface area contributed by atoms with Crippen molar-refractivity contribution < 1.29 is 73.3 Å². The van der Waals surface area contributed by atoms with Gasteiger partial charge in [0.15, 0.2) is 5.60 Å². The SMILES string of the molecule is CC[C@]1(O)C[C@H]2CN(CCc3c([nH]c4ccccc34)[C@@](C(=O)OC)(c3cc4c(cc3OC)N(C)[C@H]3[C@@](O)(C(=O)NNC(=O)OCCSSC[C@H](NC(=O)[C@H](CN)NC(=O)[C@H](CC(=O)O)NC)C(=O)O)[C@H](O)[C@]5(CC)C=CCN6CC[C@]43[C@@H]65)C2)C1. The number of nitrogens with zero attached hydrogens (tertiary/aromatic N) is 3. The molecule has 13 atom stereocenters. The van der Waals surface area contributed by atoms with E-state index in [-0.39, 0.29) is 30.5 Å². The maximum absolute atomic E-state index is 15.5. The van der Waals surface area contributed by atoms with Gasteiger partial charge in [-0.3, -0.25) is 39.2 Å². The number of anilines is 1. The molecule has 3 aromatic rings. The summed E-state index contributed by atoms with van der Waals surface area (Å²) in [5.41, 5.74) is 7.10. The number of fused-ring (bicyclic) bond motifs is 6. The number of aliphatic carboxylic acids is 2. The van der Waals surface area contributed by atoms with Crippen LogP contribution in [-0.4, -0.2) is 215 Å². The molecule has 5 aliphatic heterocycles. The lowest BCUT2D eigenvalue weighted by molar-refractivity contribution is -0.204. The van der Waals surface area contributed by atoms with Crippen molar-refractivity contribution in [3.8, 4) is 5.75 Å². The number of hydrogen-bond acceptors (Lipinski definition) is 20. The summed E-state index contributed by atoms with van der Waals surface area (Å²) in [6.45, 7) is 6.09. The van der Waals surface area contributed by atoms with Gasteiger partial charge < -0.3 is 71.3 Å². The van der Waals surface area contributed by atoms with Crippen molar-refractivity contribution in [1.29, 1.82) is 0 Å². The number of hydrazine groups is 1. The van der Waals surface area contributed by atoms with E-state index in [0.29, 0.717) is 87.5 Å². The van der Waals surface area contributed by atoms with Crippen LogP contribution < -0.4 is 42.2 Å². The maximum atomic E-state index is 15.5. The van der Waals surface area contributed by atoms with Gasteiger partial charge in [-0.1, -0.05) is 65.8 Å². The van der Waals surface area contributed by atoms with Gasteiger partial charge in [0.2, 0.25) is 11.8 Å². The molecule has 0 radical (unpaired) electrons. The number of hydrogen-bond donors (Lipinski definition) is 12. The van der Waals surface area contributed by atoms with Crippen LogP contribution in [0.25, 0.3) is 10.9 Å². The molecule has 27 heteroatoms. The number of para-hydroxylation sites is 1. The maximum Gasteiger partial charge on any atom is 0.426 e. The van der Waals surface area contributed by atoms with Gasteiger partial charge in [0.25, 0.3) is 5.91 Å². The molecular formula is C57H78N10O15S2. The van der Waals surface area contributed by atoms with Gasteiger partial charge in [0, 0.05) is 102 Å². The molecule has 3 fully saturated rings. The summed E-state index contributed by atoms with van der Waals surface area (Å²) in [6, 6.07) is 6.20. The number of rotatable bonds is 21. The second-order valence-electron chi connectivity index (χ2n) is 23.1. The van der Waals surface area contributed by atoms with Crippen LogP contribution in [0, 0.1) is 11.3 Å². The van der Waals surface area contributed by atoms with E-state index >= 15 is 9.59 Å². The van der Waals surface area contributed by atoms with Gasteiger partial charge in [0.1, 0.15) is 36.0 Å². The van der Waals surface area contributed by atoms with Gasteiger partial charge in [-0.2, -0.15) is 0 Å². The number of ether oxygens (including phenoxy) is 3. The molecule has 1 aliphatic carbocycles. The minimum Gasteiger partial charge on any atom is -0.496 e. The molecule has 1 spiro atoms. The molecule has 1 saturated carbocycles. The van der Waals surface area contributed by atoms with Crippen molar-refractivity contribution in [3.63, 3.8) is 0 Å². The largest absolute Gasteiger partial charge is 0.496 e. The van der Waals surface area contributed by atoms with E-state index < -0.39 is 118 Å². The van der Waals surface area contributed by atoms with Crippen LogP contribution in [0.15, 0.2) is 48.6 Å². The molecule has 2 bridgehead atoms. The predicted molar refractivity (Wildman–Crippen MR) is 312 cm³/mol. The Bertz CT molecular complexity index is 3080. The number of aromatic amines is 1. The molecule has 2 aromatic carbocycles. The van der Waals surface area contributed by atoms with Crippen LogP contribution in [0.1, 0.15) is 74.8 Å². The zero-order valence-electron chi connectivity index (χ0n) is 48.0. The summed E-state index contributed by atoms with van der Waals surface area (Å²) < 4.78 is 17.7. The van der Waals surface area contributed by atoms with E-state index in [1.807, 2.05) is 62.4 Å². The number of carboxylic acids is 2. The van der Waals surface area contributed by atoms with Crippen LogP contribution in [0.3, 0.4) is 0 Å². The van der Waals surface area contributed by atoms with Gasteiger partial charge >= 0.3 is 24.0 Å². The number of carbonyl (C=O) groups excluding carboxylic acids is 5. The number of carboxylic acid groups (broad SMARTS) is 2. The van der Waals surface area contributed by atoms with Crippen LogP contribution in [0.2, 0.25) is 0 Å². The summed E-state index contributed by atoms with van der Waals surface area (Å²) in [6.07, 6.45) is 2.93. The van der Waals surface area contributed by atoms with E-state index in [0.717, 1.165) is 43.6 Å². The number of piperidine rings is 1. The van der Waals surface area contributed by atoms with Crippen molar-refractivity contribution in [2.75, 3.05) is 90.6 Å². The van der Waals surface area contributed by atoms with E-state index in [2.05, 4.69) is 41.6 Å². The number of H-pyrrole nitrogens is 1. The van der Waals surface area contributed by atoms with Crippen LogP contribution >= 0.6 is 21.6 Å². The Morgan fingerprint density at radius 2 is 1.65 bits per heavy atom. The van der Waals surface area contributed by atoms with Gasteiger partial charge in [-0.05, 0) is 81.3 Å². The highest BCUT2D eigenvalue weighted by atomic mass is 33.1. The topological polar surface area (TPSA) is 360 Å². The molecule has 9 rings (SSSR count). The molecule has 2 saturated heterocycles. The number of nitrogens with one attached hydrogen (secondary N) is 6. The standard InChI is InChI=1S/C57H78N10O15S2/c1-7-53(78)25-31-26-56(51(76)81-6,43-33(14-18-66(28-31)30-53)32-12-9-10-13-36(32)60-43)35-22-34-40(24-41(35)80-5)65(4)48-55(34)16-19-67-17-11-15-54(8-2,47(55)67)49(74)57(48,79)50(75)63-64-52(77)82-20-21-83-84-29-39(46(72)73)62-45(71)38(27-58)61-44(70)37(59-3)23-42(68)69/h9-13,15,22,24,31,37-39,47-49,59-60,74,78-79H,7-8,14,16-21,23,25-30,58H2,1-6H3,(H,61,70)(H,62,71)(H,63,75)(H,64,77)(H,68,69)(H,72,73)/t31-,37+,38+,39+,47+,48-,49-,53+,54-,55-,56+,57+/m1/s1. The molecule has 458 valence electrons. The summed E-state index contributed by atoms with van der Waals surface area (Å²) in [4.78, 5) is 103. The highest BCUT2D eigenvalue weighted by Crippen LogP contribution is 2.67. The molecule has 84 heavy (non-hydrogen) atoms. The minimum absolute atomic E-state index is 0.118. The fourth-order valence-electron chi connectivity index (χ4n) is 15.1. The smallest absolute Gasteiger partial charge is 0.426 e. The van der Waals surface area contributed by atoms with Crippen LogP contribution in [-0.2, 0) is 55.5 Å². The molecule has 4 amide bonds. The Hall–Kier alpha value is -6.17. The van der Waals surface area contributed by atoms with Crippen molar-refractivity contribution >= 4 is 79.9 Å². The lowest BCUT2D eigenvalue weighted by Gasteiger charge is -2.63. The third kappa shape index (κ3) is 10.6. The fraction of sp³-hybridized carbons (Fsp3) is 0.596. The van der Waals surface area contributed by atoms with Gasteiger partial charge in [-0.25, -0.2) is 15.0 Å². The van der Waals surface area contributed by atoms with E-state index in [4.69, 9.17) is 25.1 Å². The van der Waals surface area contributed by atoms with Crippen molar-refractivity contribution in [2.24, 2.45) is 17.1 Å². The first-order valence-corrected chi connectivity index (χ1v) is 30.9. The van der Waals surface area contributed by atoms with Crippen molar-refractivity contribution in [3.05, 3.63) is 70.9 Å². The number of benzene rings is 2. The Morgan fingerprint density at radius 3 is 2.33 bits per heavy atom. The molecule has 6 heterocycles. The Kier molecular flexibility index (Phi) is 18.3. The zero-order chi connectivity index (χ0) is 60.7. The molecule has 6 aliphatic rings. The first kappa shape index (κ1) is 62.4. The van der Waals surface area contributed by atoms with Crippen molar-refractivity contribution in [2.45, 2.75) is 117 Å². The molecular weight excluding hydrogens is 1130 g/mol. The average Bonchev–Trinajstić information content (AvgIpc) is 1.44. The van der Waals surface area contributed by atoms with E-state index in [1.54, 1.807) is 11.9 Å². The average molecular weight is 1210 g/mol. The number of methoxy groups -OCH3 is 2. The summed E-state index contributed by atoms with van der Waals surface area (Å²) >= 11 is 0. The number of esters is 1. The third-order valence-corrected chi connectivity index (χ3v) is 21.1. The Balaban J connectivity index is 0.973. The highest BCUT2D eigenvalue weighted by Gasteiger charge is 2.79. The fourth-order valence-corrected chi connectivity index (χ4v) is 17.1. The number of amides is 4. The second-order valence-corrected chi connectivity index (χ2v) is 25.7. The first-order valence-electron chi connectivity index (χ1n) is 28.4. The van der Waals surface area contributed by atoms with Gasteiger partial charge in [-0.15, -0.1) is 0 Å². The summed E-state index contributed by atoms with van der Waals surface area (Å²) in [5.74, 6) is -5.87. The number of likely N-dealkylation sites (N-methyl/N-ethyl adjacent to an activating group) is 2. The number of aliphatic hydroxyl groups is 3. The van der Waals surface area contributed by atoms with Crippen LogP contribution in [0.5, 0.6) is 5.75 Å². The second kappa shape index (κ2) is 24.7. The number of aromatic nitrogens is 1. The van der Waals surface area contributed by atoms with Gasteiger partial charge in [0.05, 0.1) is 38.3 Å². The normalized spacial score (nSPS) is 30.4.